The number of azo groups is 2. The Bertz CT molecular complexity index is 2720. The van der Waals surface area contributed by atoms with Gasteiger partial charge in [-0.25, -0.2) is 22.9 Å². The van der Waals surface area contributed by atoms with E-state index in [1.54, 1.807) is 13.8 Å². The molecular formula is C32H25Cl2CrN10O8S2. The van der Waals surface area contributed by atoms with Crippen LogP contribution in [0.3, 0.4) is 0 Å². The molecule has 0 aliphatic rings. The number of sulfonamides is 1. The minimum absolute atomic E-state index is 0. The maximum atomic E-state index is 12.6. The van der Waals surface area contributed by atoms with E-state index in [2.05, 4.69) is 30.7 Å². The first-order chi connectivity index (χ1) is 25.3. The van der Waals surface area contributed by atoms with E-state index in [0.717, 1.165) is 4.68 Å². The van der Waals surface area contributed by atoms with Crippen LogP contribution in [0.15, 0.2) is 120 Å². The first kappa shape index (κ1) is 42.4. The number of benzene rings is 4. The molecule has 0 aliphatic carbocycles. The van der Waals surface area contributed by atoms with Gasteiger partial charge in [-0.1, -0.05) is 35.0 Å². The number of halogens is 2. The Morgan fingerprint density at radius 3 is 1.93 bits per heavy atom. The van der Waals surface area contributed by atoms with Crippen molar-refractivity contribution in [2.24, 2.45) is 25.6 Å². The fourth-order valence-electron chi connectivity index (χ4n) is 4.53. The van der Waals surface area contributed by atoms with Gasteiger partial charge in [-0.2, -0.15) is 10.2 Å². The fraction of sp³-hybridized carbons (Fsp3) is 0.0625. The van der Waals surface area contributed by atoms with Gasteiger partial charge in [0.1, 0.15) is 17.1 Å². The number of nitrogens with one attached hydrogen (secondary N) is 2. The number of hydrogen-bond acceptors (Lipinski definition) is 14. The van der Waals surface area contributed by atoms with Gasteiger partial charge in [-0.3, -0.25) is 18.9 Å². The quantitative estimate of drug-likeness (QED) is 0.134. The molecule has 0 spiro atoms. The van der Waals surface area contributed by atoms with Gasteiger partial charge in [0, 0.05) is 30.8 Å². The molecule has 23 heteroatoms. The van der Waals surface area contributed by atoms with Crippen molar-refractivity contribution in [3.05, 3.63) is 117 Å². The standard InChI is InChI=1S/2C16H14ClN5O4S.Cr/c2*1-9-15(20-19-13-8-10(17)2-7-14(13)23)16(24)22(21-9)11-3-5-12(6-4-11)27(18,25)26;/h2-8,23-24H,1H3,(H2,18,25,26);2-8,21,23H,1H3,(H2,18,25,26);/q;;+3/p-3. The van der Waals surface area contributed by atoms with Crippen LogP contribution in [0, 0.1) is 18.6 Å². The second kappa shape index (κ2) is 17.0. The van der Waals surface area contributed by atoms with Crippen LogP contribution in [0.4, 0.5) is 22.7 Å². The first-order valence-electron chi connectivity index (χ1n) is 14.9. The Labute approximate surface area is 333 Å². The van der Waals surface area contributed by atoms with E-state index in [1.807, 2.05) is 0 Å². The van der Waals surface area contributed by atoms with E-state index in [-0.39, 0.29) is 61.3 Å². The van der Waals surface area contributed by atoms with Crippen molar-refractivity contribution in [1.82, 2.24) is 19.6 Å². The molecule has 1 atom stereocenters. The van der Waals surface area contributed by atoms with Crippen LogP contribution < -0.4 is 20.9 Å². The largest absolute Gasteiger partial charge is 3.00 e. The van der Waals surface area contributed by atoms with Gasteiger partial charge in [0.25, 0.3) is 5.56 Å². The third kappa shape index (κ3) is 10.0. The predicted molar refractivity (Wildman–Crippen MR) is 193 cm³/mol. The number of aryl methyl sites for hydroxylation is 2. The molecule has 0 aliphatic heterocycles. The zero-order valence-corrected chi connectivity index (χ0v) is 32.5. The number of phenolic OH excluding ortho intramolecular Hbond substituents is 1. The number of aromatic hydroxyl groups is 1. The second-order valence-electron chi connectivity index (χ2n) is 11.1. The monoisotopic (exact) mass is 863 g/mol. The molecule has 55 heavy (non-hydrogen) atoms. The van der Waals surface area contributed by atoms with Crippen LogP contribution >= 0.6 is 23.2 Å². The first-order valence-corrected chi connectivity index (χ1v) is 18.7. The van der Waals surface area contributed by atoms with Crippen LogP contribution in [0.2, 0.25) is 10.0 Å². The Balaban J connectivity index is 0.000000240. The van der Waals surface area contributed by atoms with Crippen molar-refractivity contribution in [2.45, 2.75) is 23.6 Å². The third-order valence-electron chi connectivity index (χ3n) is 7.22. The summed E-state index contributed by atoms with van der Waals surface area (Å²) in [6, 6.07) is 18.8. The van der Waals surface area contributed by atoms with E-state index >= 15 is 0 Å². The normalized spacial score (nSPS) is 12.6. The zero-order valence-electron chi connectivity index (χ0n) is 28.1. The Morgan fingerprint density at radius 2 is 1.33 bits per heavy atom. The molecule has 0 fully saturated rings. The number of aromatic amines is 1. The van der Waals surface area contributed by atoms with Gasteiger partial charge in [0.05, 0.1) is 33.3 Å². The summed E-state index contributed by atoms with van der Waals surface area (Å²) in [6.45, 7) is 3.17. The second-order valence-corrected chi connectivity index (χ2v) is 15.0. The van der Waals surface area contributed by atoms with Crippen molar-refractivity contribution in [2.75, 3.05) is 0 Å². The van der Waals surface area contributed by atoms with E-state index in [9.17, 15) is 37.3 Å². The van der Waals surface area contributed by atoms with E-state index in [0.29, 0.717) is 27.1 Å². The molecule has 0 saturated heterocycles. The van der Waals surface area contributed by atoms with Crippen LogP contribution in [0.25, 0.3) is 11.4 Å². The molecule has 6 rings (SSSR count). The van der Waals surface area contributed by atoms with Gasteiger partial charge in [0.15, 0.2) is 5.69 Å². The molecule has 0 saturated carbocycles. The summed E-state index contributed by atoms with van der Waals surface area (Å²) >= 11 is 11.7. The molecule has 0 amide bonds. The molecule has 1 radical (unpaired) electrons. The predicted octanol–water partition coefficient (Wildman–Crippen LogP) is 5.83. The number of hydrogen-bond donors (Lipinski definition) is 4. The van der Waals surface area contributed by atoms with Gasteiger partial charge >= 0.3 is 17.4 Å². The average molecular weight is 865 g/mol. The number of primary sulfonamides is 1. The summed E-state index contributed by atoms with van der Waals surface area (Å²) in [5, 5.41) is 62.0. The van der Waals surface area contributed by atoms with Crippen LogP contribution in [-0.4, -0.2) is 41.8 Å². The molecule has 6 aromatic rings. The van der Waals surface area contributed by atoms with Crippen molar-refractivity contribution in [3.63, 3.8) is 0 Å². The van der Waals surface area contributed by atoms with Gasteiger partial charge in [0.2, 0.25) is 10.0 Å². The average Bonchev–Trinajstić information content (AvgIpc) is 3.57. The number of nitrogens with zero attached hydrogens (tertiary/aromatic N) is 7. The number of phenols is 1. The van der Waals surface area contributed by atoms with E-state index < -0.39 is 37.2 Å². The number of rotatable bonds is 8. The van der Waals surface area contributed by atoms with Crippen molar-refractivity contribution in [3.8, 4) is 28.8 Å². The van der Waals surface area contributed by atoms with Gasteiger partial charge < -0.3 is 19.9 Å². The summed E-state index contributed by atoms with van der Waals surface area (Å²) in [7, 11) is -7.92. The molecule has 2 aromatic heterocycles. The fourth-order valence-corrected chi connectivity index (χ4v) is 5.87. The molecular weight excluding hydrogens is 839 g/mol. The summed E-state index contributed by atoms with van der Waals surface area (Å²) in [5.41, 5.74) is 0.964. The smallest absolute Gasteiger partial charge is 0.871 e. The Hall–Kier alpha value is -5.37. The van der Waals surface area contributed by atoms with Crippen LogP contribution in [-0.2, 0) is 37.4 Å². The Morgan fingerprint density at radius 1 is 0.800 bits per heavy atom. The van der Waals surface area contributed by atoms with Crippen molar-refractivity contribution < 1.29 is 49.9 Å². The minimum Gasteiger partial charge on any atom is -0.871 e. The summed E-state index contributed by atoms with van der Waals surface area (Å²) in [5.74, 6) is -1.12. The maximum absolute atomic E-state index is 12.6. The van der Waals surface area contributed by atoms with Crippen molar-refractivity contribution in [1.29, 1.82) is 4.78 Å². The summed E-state index contributed by atoms with van der Waals surface area (Å²) in [4.78, 5) is 12.3. The number of aromatic nitrogens is 4. The Kier molecular flexibility index (Phi) is 13.1. The summed E-state index contributed by atoms with van der Waals surface area (Å²) < 4.78 is 54.3. The molecule has 1 unspecified atom stereocenters. The van der Waals surface area contributed by atoms with Gasteiger partial charge in [-0.05, 0) is 92.7 Å². The minimum atomic E-state index is -4.09. The SMILES string of the molecule is Cc1[nH]n(-c2ccc(S(N)(=O)=O)cc2)c(=O)c1N=Nc1cc(Cl)ccc1O.Cc1nn(-c2ccc(S(=N)(=O)[O-])cc2)c([O-])c1N=Nc1cc(Cl)ccc1[O-].[Cr+3]. The van der Waals surface area contributed by atoms with Crippen LogP contribution in [0.5, 0.6) is 17.4 Å². The van der Waals surface area contributed by atoms with E-state index in [1.165, 1.54) is 89.6 Å². The number of nitrogens with two attached hydrogens (primary N) is 1. The molecule has 4 aromatic carbocycles. The van der Waals surface area contributed by atoms with Crippen molar-refractivity contribution >= 4 is 66.0 Å². The summed E-state index contributed by atoms with van der Waals surface area (Å²) in [6.07, 6.45) is 0. The van der Waals surface area contributed by atoms with E-state index in [4.69, 9.17) is 33.1 Å². The zero-order chi connectivity index (χ0) is 39.5. The molecule has 5 N–H and O–H groups in total. The molecule has 2 heterocycles. The molecule has 18 nitrogen and oxygen atoms in total. The maximum Gasteiger partial charge on any atom is 3.00 e. The van der Waals surface area contributed by atoms with Gasteiger partial charge in [-0.15, -0.1) is 15.3 Å². The molecule has 283 valence electrons. The third-order valence-corrected chi connectivity index (χ3v) is 9.51. The van der Waals surface area contributed by atoms with Crippen LogP contribution in [0.1, 0.15) is 11.4 Å². The molecule has 0 bridgehead atoms. The number of H-pyrrole nitrogens is 1. The topological polar surface area (TPSA) is 296 Å².